The highest BCUT2D eigenvalue weighted by atomic mass is 32.1. The summed E-state index contributed by atoms with van der Waals surface area (Å²) in [6, 6.07) is 4.07. The van der Waals surface area contributed by atoms with Crippen molar-refractivity contribution in [2.24, 2.45) is 0 Å². The molecule has 0 unspecified atom stereocenters. The van der Waals surface area contributed by atoms with Crippen LogP contribution in [-0.2, 0) is 13.0 Å². The molecule has 0 radical (unpaired) electrons. The van der Waals surface area contributed by atoms with E-state index in [-0.39, 0.29) is 6.61 Å². The highest BCUT2D eigenvalue weighted by molar-refractivity contribution is 7.17. The van der Waals surface area contributed by atoms with Crippen molar-refractivity contribution in [3.8, 4) is 0 Å². The van der Waals surface area contributed by atoms with Gasteiger partial charge in [0.15, 0.2) is 0 Å². The molecular weight excluding hydrogens is 194 g/mol. The number of thiophene rings is 1. The van der Waals surface area contributed by atoms with Gasteiger partial charge < -0.3 is 10.8 Å². The number of aryl methyl sites for hydroxylation is 1. The molecule has 1 aromatic heterocycles. The zero-order valence-corrected chi connectivity index (χ0v) is 8.90. The second-order valence-electron chi connectivity index (χ2n) is 3.28. The van der Waals surface area contributed by atoms with Crippen LogP contribution in [0.2, 0.25) is 0 Å². The lowest BCUT2D eigenvalue weighted by Gasteiger charge is -2.07. The van der Waals surface area contributed by atoms with Gasteiger partial charge in [-0.25, -0.2) is 0 Å². The summed E-state index contributed by atoms with van der Waals surface area (Å²) in [6.07, 6.45) is 0.975. The van der Waals surface area contributed by atoms with Gasteiger partial charge in [0.1, 0.15) is 0 Å². The standard InChI is InChI=1S/C11H13NOS/c1-2-7-5-10(12)9(6-13)11-8(7)3-4-14-11/h3-5,13H,2,6,12H2,1H3. The molecule has 0 saturated carbocycles. The van der Waals surface area contributed by atoms with Crippen molar-refractivity contribution in [2.75, 3.05) is 5.73 Å². The number of hydrogen-bond acceptors (Lipinski definition) is 3. The second kappa shape index (κ2) is 3.59. The van der Waals surface area contributed by atoms with E-state index < -0.39 is 0 Å². The summed E-state index contributed by atoms with van der Waals surface area (Å²) in [5.41, 5.74) is 8.72. The van der Waals surface area contributed by atoms with Crippen molar-refractivity contribution in [2.45, 2.75) is 20.0 Å². The minimum Gasteiger partial charge on any atom is -0.398 e. The van der Waals surface area contributed by atoms with E-state index in [2.05, 4.69) is 13.0 Å². The molecule has 0 atom stereocenters. The molecule has 0 amide bonds. The molecular formula is C11H13NOS. The lowest BCUT2D eigenvalue weighted by molar-refractivity contribution is 0.284. The Bertz CT molecular complexity index is 462. The van der Waals surface area contributed by atoms with Crippen molar-refractivity contribution in [3.63, 3.8) is 0 Å². The normalized spacial score (nSPS) is 11.0. The smallest absolute Gasteiger partial charge is 0.0716 e. The quantitative estimate of drug-likeness (QED) is 0.743. The Labute approximate surface area is 87.0 Å². The van der Waals surface area contributed by atoms with E-state index in [1.54, 1.807) is 11.3 Å². The molecule has 2 aromatic rings. The Morgan fingerprint density at radius 1 is 1.50 bits per heavy atom. The van der Waals surface area contributed by atoms with E-state index in [9.17, 15) is 5.11 Å². The van der Waals surface area contributed by atoms with Gasteiger partial charge in [0, 0.05) is 16.0 Å². The summed E-state index contributed by atoms with van der Waals surface area (Å²) in [6.45, 7) is 2.14. The topological polar surface area (TPSA) is 46.2 Å². The Morgan fingerprint density at radius 2 is 2.29 bits per heavy atom. The average Bonchev–Trinajstić information content (AvgIpc) is 2.65. The van der Waals surface area contributed by atoms with Gasteiger partial charge in [0.25, 0.3) is 0 Å². The number of rotatable bonds is 2. The number of anilines is 1. The van der Waals surface area contributed by atoms with E-state index in [0.717, 1.165) is 16.7 Å². The van der Waals surface area contributed by atoms with Crippen LogP contribution >= 0.6 is 11.3 Å². The molecule has 0 fully saturated rings. The van der Waals surface area contributed by atoms with Crippen LogP contribution in [0.1, 0.15) is 18.1 Å². The zero-order valence-electron chi connectivity index (χ0n) is 8.08. The van der Waals surface area contributed by atoms with Gasteiger partial charge >= 0.3 is 0 Å². The van der Waals surface area contributed by atoms with Crippen LogP contribution in [-0.4, -0.2) is 5.11 Å². The fourth-order valence-electron chi connectivity index (χ4n) is 1.74. The maximum Gasteiger partial charge on any atom is 0.0716 e. The minimum atomic E-state index is 0.0207. The Morgan fingerprint density at radius 3 is 2.93 bits per heavy atom. The molecule has 2 nitrogen and oxygen atoms in total. The van der Waals surface area contributed by atoms with Crippen LogP contribution in [0.3, 0.4) is 0 Å². The van der Waals surface area contributed by atoms with E-state index in [4.69, 9.17) is 5.73 Å². The van der Waals surface area contributed by atoms with Crippen molar-refractivity contribution < 1.29 is 5.11 Å². The third kappa shape index (κ3) is 1.29. The molecule has 1 heterocycles. The summed E-state index contributed by atoms with van der Waals surface area (Å²) >= 11 is 1.64. The number of nitrogens with two attached hydrogens (primary N) is 1. The van der Waals surface area contributed by atoms with Crippen LogP contribution in [0.15, 0.2) is 17.5 Å². The van der Waals surface area contributed by atoms with Gasteiger partial charge in [0.2, 0.25) is 0 Å². The lowest BCUT2D eigenvalue weighted by Crippen LogP contribution is -1.96. The summed E-state index contributed by atoms with van der Waals surface area (Å²) < 4.78 is 1.13. The Kier molecular flexibility index (Phi) is 2.44. The molecule has 74 valence electrons. The van der Waals surface area contributed by atoms with Gasteiger partial charge in [-0.3, -0.25) is 0 Å². The molecule has 0 aliphatic heterocycles. The molecule has 14 heavy (non-hydrogen) atoms. The molecule has 0 aliphatic rings. The minimum absolute atomic E-state index is 0.0207. The average molecular weight is 207 g/mol. The monoisotopic (exact) mass is 207 g/mol. The van der Waals surface area contributed by atoms with Crippen LogP contribution < -0.4 is 5.73 Å². The molecule has 0 spiro atoms. The van der Waals surface area contributed by atoms with Crippen molar-refractivity contribution >= 4 is 27.1 Å². The number of benzene rings is 1. The number of fused-ring (bicyclic) bond motifs is 1. The first-order valence-electron chi connectivity index (χ1n) is 4.66. The molecule has 0 aliphatic carbocycles. The first-order chi connectivity index (χ1) is 6.77. The third-order valence-corrected chi connectivity index (χ3v) is 3.48. The molecule has 1 aromatic carbocycles. The number of nitrogen functional groups attached to an aromatic ring is 1. The first-order valence-corrected chi connectivity index (χ1v) is 5.54. The zero-order chi connectivity index (χ0) is 10.1. The summed E-state index contributed by atoms with van der Waals surface area (Å²) in [5, 5.41) is 12.5. The van der Waals surface area contributed by atoms with Gasteiger partial charge in [-0.15, -0.1) is 11.3 Å². The number of hydrogen-bond donors (Lipinski definition) is 2. The predicted octanol–water partition coefficient (Wildman–Crippen LogP) is 2.54. The largest absolute Gasteiger partial charge is 0.398 e. The van der Waals surface area contributed by atoms with E-state index in [0.29, 0.717) is 5.69 Å². The van der Waals surface area contributed by atoms with E-state index >= 15 is 0 Å². The van der Waals surface area contributed by atoms with E-state index in [1.807, 2.05) is 11.4 Å². The van der Waals surface area contributed by atoms with Gasteiger partial charge in [-0.2, -0.15) is 0 Å². The number of aliphatic hydroxyl groups excluding tert-OH is 1. The molecule has 3 N–H and O–H groups in total. The first kappa shape index (κ1) is 9.49. The van der Waals surface area contributed by atoms with Gasteiger partial charge in [-0.1, -0.05) is 6.92 Å². The van der Waals surface area contributed by atoms with Gasteiger partial charge in [0.05, 0.1) is 6.61 Å². The highest BCUT2D eigenvalue weighted by Crippen LogP contribution is 2.32. The summed E-state index contributed by atoms with van der Waals surface area (Å²) in [7, 11) is 0. The molecule has 0 saturated heterocycles. The van der Waals surface area contributed by atoms with Crippen LogP contribution in [0, 0.1) is 0 Å². The maximum absolute atomic E-state index is 9.23. The molecule has 3 heteroatoms. The van der Waals surface area contributed by atoms with Crippen molar-refractivity contribution in [3.05, 3.63) is 28.6 Å². The fraction of sp³-hybridized carbons (Fsp3) is 0.273. The third-order valence-electron chi connectivity index (χ3n) is 2.50. The van der Waals surface area contributed by atoms with Crippen LogP contribution in [0.25, 0.3) is 10.1 Å². The SMILES string of the molecule is CCc1cc(N)c(CO)c2sccc12. The Balaban J connectivity index is 2.81. The fourth-order valence-corrected chi connectivity index (χ4v) is 2.73. The molecule has 2 rings (SSSR count). The lowest BCUT2D eigenvalue weighted by atomic mass is 10.0. The van der Waals surface area contributed by atoms with Gasteiger partial charge in [-0.05, 0) is 34.9 Å². The second-order valence-corrected chi connectivity index (χ2v) is 4.19. The predicted molar refractivity (Wildman–Crippen MR) is 61.5 cm³/mol. The summed E-state index contributed by atoms with van der Waals surface area (Å²) in [5.74, 6) is 0. The number of aliphatic hydroxyl groups is 1. The summed E-state index contributed by atoms with van der Waals surface area (Å²) in [4.78, 5) is 0. The van der Waals surface area contributed by atoms with Crippen LogP contribution in [0.5, 0.6) is 0 Å². The van der Waals surface area contributed by atoms with Crippen LogP contribution in [0.4, 0.5) is 5.69 Å². The van der Waals surface area contributed by atoms with Crippen molar-refractivity contribution in [1.29, 1.82) is 0 Å². The highest BCUT2D eigenvalue weighted by Gasteiger charge is 2.09. The maximum atomic E-state index is 9.23. The molecule has 0 bridgehead atoms. The Hall–Kier alpha value is -1.06. The van der Waals surface area contributed by atoms with Crippen molar-refractivity contribution in [1.82, 2.24) is 0 Å². The van der Waals surface area contributed by atoms with E-state index in [1.165, 1.54) is 10.9 Å².